The lowest BCUT2D eigenvalue weighted by molar-refractivity contribution is 0.101. The number of ketones is 1. The molecule has 1 fully saturated rings. The van der Waals surface area contributed by atoms with E-state index < -0.39 is 0 Å². The predicted octanol–water partition coefficient (Wildman–Crippen LogP) is 3.50. The van der Waals surface area contributed by atoms with Gasteiger partial charge in [-0.1, -0.05) is 62.4 Å². The lowest BCUT2D eigenvalue weighted by Crippen LogP contribution is -2.23. The van der Waals surface area contributed by atoms with Crippen molar-refractivity contribution >= 4 is 11.7 Å². The maximum absolute atomic E-state index is 12.2. The van der Waals surface area contributed by atoms with Crippen molar-refractivity contribution < 1.29 is 4.79 Å². The van der Waals surface area contributed by atoms with E-state index in [0.29, 0.717) is 23.0 Å². The van der Waals surface area contributed by atoms with Gasteiger partial charge in [0.05, 0.1) is 12.2 Å². The van der Waals surface area contributed by atoms with Gasteiger partial charge < -0.3 is 5.32 Å². The number of anilines is 1. The molecule has 5 heteroatoms. The number of hydrogen-bond acceptors (Lipinski definition) is 4. The molecule has 1 aliphatic rings. The number of Topliss-reactive ketones (excluding diaryl/α,β-unsaturated/α-hetero) is 1. The number of nitrogens with one attached hydrogen (secondary N) is 2. The molecule has 0 bridgehead atoms. The fraction of sp³-hybridized carbons (Fsp3) is 0.450. The Morgan fingerprint density at radius 2 is 1.92 bits per heavy atom. The Bertz CT molecular complexity index is 777. The van der Waals surface area contributed by atoms with E-state index in [4.69, 9.17) is 0 Å². The Morgan fingerprint density at radius 1 is 1.20 bits per heavy atom. The van der Waals surface area contributed by atoms with E-state index in [1.54, 1.807) is 12.1 Å². The van der Waals surface area contributed by atoms with Gasteiger partial charge in [0.2, 0.25) is 5.95 Å². The van der Waals surface area contributed by atoms with Crippen LogP contribution in [0.3, 0.4) is 0 Å². The molecular formula is C20H25N3O2. The van der Waals surface area contributed by atoms with Crippen LogP contribution in [0.1, 0.15) is 53.7 Å². The summed E-state index contributed by atoms with van der Waals surface area (Å²) in [6.07, 6.45) is 7.11. The molecule has 132 valence electrons. The van der Waals surface area contributed by atoms with Gasteiger partial charge in [-0.3, -0.25) is 14.6 Å². The molecule has 0 aliphatic heterocycles. The SMILES string of the molecule is Cc1c(CC2CCCCC2)nc(NCC(=O)c2ccccc2)[nH]c1=O. The largest absolute Gasteiger partial charge is 0.348 e. The summed E-state index contributed by atoms with van der Waals surface area (Å²) in [5.41, 5.74) is 2.05. The van der Waals surface area contributed by atoms with E-state index in [0.717, 1.165) is 12.1 Å². The van der Waals surface area contributed by atoms with Gasteiger partial charge in [0.15, 0.2) is 5.78 Å². The van der Waals surface area contributed by atoms with Crippen LogP contribution in [-0.4, -0.2) is 22.3 Å². The van der Waals surface area contributed by atoms with Crippen molar-refractivity contribution in [2.24, 2.45) is 5.92 Å². The number of aromatic amines is 1. The fourth-order valence-corrected chi connectivity index (χ4v) is 3.42. The molecule has 0 atom stereocenters. The second-order valence-corrected chi connectivity index (χ2v) is 6.84. The molecule has 0 amide bonds. The van der Waals surface area contributed by atoms with Gasteiger partial charge in [-0.25, -0.2) is 4.98 Å². The summed E-state index contributed by atoms with van der Waals surface area (Å²) in [7, 11) is 0. The summed E-state index contributed by atoms with van der Waals surface area (Å²) in [5, 5.41) is 2.97. The van der Waals surface area contributed by atoms with Crippen molar-refractivity contribution in [3.63, 3.8) is 0 Å². The second kappa shape index (κ2) is 8.10. The number of carbonyl (C=O) groups excluding carboxylic acids is 1. The van der Waals surface area contributed by atoms with Gasteiger partial charge in [-0.05, 0) is 19.3 Å². The molecule has 2 aromatic rings. The molecule has 1 aromatic heterocycles. The number of rotatable bonds is 6. The molecule has 0 spiro atoms. The molecule has 1 saturated carbocycles. The number of aromatic nitrogens is 2. The number of H-pyrrole nitrogens is 1. The van der Waals surface area contributed by atoms with Crippen molar-refractivity contribution in [1.82, 2.24) is 9.97 Å². The molecule has 0 unspecified atom stereocenters. The Balaban J connectivity index is 1.69. The first-order chi connectivity index (χ1) is 12.1. The van der Waals surface area contributed by atoms with Crippen LogP contribution in [0, 0.1) is 12.8 Å². The molecule has 25 heavy (non-hydrogen) atoms. The first-order valence-electron chi connectivity index (χ1n) is 9.05. The summed E-state index contributed by atoms with van der Waals surface area (Å²) in [6.45, 7) is 1.93. The minimum absolute atomic E-state index is 0.0299. The lowest BCUT2D eigenvalue weighted by Gasteiger charge is -2.21. The summed E-state index contributed by atoms with van der Waals surface area (Å²) in [5.74, 6) is 0.962. The van der Waals surface area contributed by atoms with E-state index in [-0.39, 0.29) is 17.9 Å². The van der Waals surface area contributed by atoms with Crippen LogP contribution < -0.4 is 10.9 Å². The average molecular weight is 339 g/mol. The van der Waals surface area contributed by atoms with Gasteiger partial charge in [-0.15, -0.1) is 0 Å². The molecule has 2 N–H and O–H groups in total. The Morgan fingerprint density at radius 3 is 2.64 bits per heavy atom. The maximum atomic E-state index is 12.2. The Kier molecular flexibility index (Phi) is 5.64. The monoisotopic (exact) mass is 339 g/mol. The van der Waals surface area contributed by atoms with Crippen LogP contribution in [0.4, 0.5) is 5.95 Å². The third-order valence-corrected chi connectivity index (χ3v) is 4.97. The third-order valence-electron chi connectivity index (χ3n) is 4.97. The highest BCUT2D eigenvalue weighted by Gasteiger charge is 2.17. The first kappa shape index (κ1) is 17.4. The van der Waals surface area contributed by atoms with Gasteiger partial charge in [0.25, 0.3) is 5.56 Å². The van der Waals surface area contributed by atoms with Crippen molar-refractivity contribution in [3.05, 3.63) is 57.5 Å². The van der Waals surface area contributed by atoms with E-state index in [2.05, 4.69) is 15.3 Å². The number of benzene rings is 1. The highest BCUT2D eigenvalue weighted by atomic mass is 16.1. The molecule has 0 saturated heterocycles. The number of nitrogens with zero attached hydrogens (tertiary/aromatic N) is 1. The fourth-order valence-electron chi connectivity index (χ4n) is 3.42. The van der Waals surface area contributed by atoms with Crippen LogP contribution in [0.15, 0.2) is 35.1 Å². The molecule has 0 radical (unpaired) electrons. The van der Waals surface area contributed by atoms with Crippen molar-refractivity contribution in [2.75, 3.05) is 11.9 Å². The second-order valence-electron chi connectivity index (χ2n) is 6.84. The zero-order chi connectivity index (χ0) is 17.6. The van der Waals surface area contributed by atoms with Crippen LogP contribution >= 0.6 is 0 Å². The molecule has 1 heterocycles. The Labute approximate surface area is 147 Å². The highest BCUT2D eigenvalue weighted by molar-refractivity contribution is 5.98. The number of carbonyl (C=O) groups is 1. The topological polar surface area (TPSA) is 74.8 Å². The predicted molar refractivity (Wildman–Crippen MR) is 99.1 cm³/mol. The van der Waals surface area contributed by atoms with Crippen molar-refractivity contribution in [2.45, 2.75) is 45.4 Å². The van der Waals surface area contributed by atoms with Crippen molar-refractivity contribution in [1.29, 1.82) is 0 Å². The molecule has 5 nitrogen and oxygen atoms in total. The summed E-state index contributed by atoms with van der Waals surface area (Å²) in [6, 6.07) is 9.11. The normalized spacial score (nSPS) is 15.1. The van der Waals surface area contributed by atoms with Crippen LogP contribution in [0.25, 0.3) is 0 Å². The zero-order valence-electron chi connectivity index (χ0n) is 14.7. The van der Waals surface area contributed by atoms with Crippen LogP contribution in [0.2, 0.25) is 0 Å². The molecular weight excluding hydrogens is 314 g/mol. The van der Waals surface area contributed by atoms with E-state index in [1.165, 1.54) is 32.1 Å². The summed E-state index contributed by atoms with van der Waals surface area (Å²) < 4.78 is 0. The van der Waals surface area contributed by atoms with E-state index in [1.807, 2.05) is 25.1 Å². The minimum Gasteiger partial charge on any atom is -0.348 e. The average Bonchev–Trinajstić information content (AvgIpc) is 2.65. The Hall–Kier alpha value is -2.43. The van der Waals surface area contributed by atoms with Crippen LogP contribution in [-0.2, 0) is 6.42 Å². The van der Waals surface area contributed by atoms with Gasteiger partial charge >= 0.3 is 0 Å². The quantitative estimate of drug-likeness (QED) is 0.790. The summed E-state index contributed by atoms with van der Waals surface area (Å²) in [4.78, 5) is 31.7. The van der Waals surface area contributed by atoms with Gasteiger partial charge in [0.1, 0.15) is 0 Å². The van der Waals surface area contributed by atoms with Crippen molar-refractivity contribution in [3.8, 4) is 0 Å². The van der Waals surface area contributed by atoms with E-state index in [9.17, 15) is 9.59 Å². The first-order valence-corrected chi connectivity index (χ1v) is 9.05. The van der Waals surface area contributed by atoms with E-state index >= 15 is 0 Å². The highest BCUT2D eigenvalue weighted by Crippen LogP contribution is 2.26. The minimum atomic E-state index is -0.129. The third kappa shape index (κ3) is 4.56. The van der Waals surface area contributed by atoms with Gasteiger partial charge in [-0.2, -0.15) is 0 Å². The maximum Gasteiger partial charge on any atom is 0.255 e. The molecule has 1 aromatic carbocycles. The molecule has 3 rings (SSSR count). The zero-order valence-corrected chi connectivity index (χ0v) is 14.7. The summed E-state index contributed by atoms with van der Waals surface area (Å²) >= 11 is 0. The smallest absolute Gasteiger partial charge is 0.255 e. The number of hydrogen-bond donors (Lipinski definition) is 2. The van der Waals surface area contributed by atoms with Gasteiger partial charge in [0, 0.05) is 11.1 Å². The lowest BCUT2D eigenvalue weighted by atomic mass is 9.85. The van der Waals surface area contributed by atoms with Crippen LogP contribution in [0.5, 0.6) is 0 Å². The standard InChI is InChI=1S/C20H25N3O2/c1-14-17(12-15-8-4-2-5-9-15)22-20(23-19(14)25)21-13-18(24)16-10-6-3-7-11-16/h3,6-7,10-11,15H,2,4-5,8-9,12-13H2,1H3,(H2,21,22,23,25). The molecule has 1 aliphatic carbocycles.